The molecule has 8 atom stereocenters. The van der Waals surface area contributed by atoms with E-state index in [0.717, 1.165) is 42.7 Å². The second-order valence-electron chi connectivity index (χ2n) is 15.7. The van der Waals surface area contributed by atoms with Gasteiger partial charge in [0.05, 0.1) is 17.6 Å². The van der Waals surface area contributed by atoms with Crippen molar-refractivity contribution in [3.8, 4) is 18.0 Å². The van der Waals surface area contributed by atoms with E-state index in [2.05, 4.69) is 31.6 Å². The van der Waals surface area contributed by atoms with Crippen LogP contribution in [0.3, 0.4) is 0 Å². The van der Waals surface area contributed by atoms with Crippen molar-refractivity contribution in [1.29, 1.82) is 5.26 Å². The molecule has 2 aromatic heterocycles. The lowest BCUT2D eigenvalue weighted by atomic mass is 9.68. The van der Waals surface area contributed by atoms with Gasteiger partial charge in [0.2, 0.25) is 11.8 Å². The monoisotopic (exact) mass is 737 g/mol. The van der Waals surface area contributed by atoms with Crippen molar-refractivity contribution in [2.75, 3.05) is 25.4 Å². The first-order chi connectivity index (χ1) is 24.6. The van der Waals surface area contributed by atoms with E-state index in [1.54, 1.807) is 6.07 Å². The van der Waals surface area contributed by atoms with E-state index in [4.69, 9.17) is 26.8 Å². The number of amides is 1. The summed E-state index contributed by atoms with van der Waals surface area (Å²) in [5, 5.41) is 17.5. The van der Waals surface area contributed by atoms with Crippen molar-refractivity contribution in [2.24, 2.45) is 11.8 Å². The number of aryl methyl sites for hydroxylation is 1. The quantitative estimate of drug-likeness (QED) is 0.240. The molecule has 4 N–H and O–H groups in total. The van der Waals surface area contributed by atoms with Gasteiger partial charge in [-0.25, -0.2) is 8.78 Å². The van der Waals surface area contributed by atoms with Crippen LogP contribution in [0.1, 0.15) is 86.3 Å². The van der Waals surface area contributed by atoms with E-state index in [1.807, 2.05) is 6.92 Å². The molecule has 1 aromatic carbocycles. The highest BCUT2D eigenvalue weighted by atomic mass is 35.5. The first-order valence-electron chi connectivity index (χ1n) is 18.4. The van der Waals surface area contributed by atoms with Gasteiger partial charge in [0, 0.05) is 57.9 Å². The standard InChI is InChI=1S/C37H42ClF2N7O3S/c1-37(9-2-3-26-27(37)23(14-41)33(42)51-26)28-24(38)13-22-31(29(28)40)45-36(49-16-18-8-10-47-15-19(39)11-25(18)47)46-35(22)50-21-7-6-20(12-21)43-34(48)32-30(44-32)17-4-5-17/h13,17-21,25,30,32,44H,2-12,15-16,42H2,1H3,(H,43,48)/t18?,19-,20+,21-,25?,30+,32-,37+/m1/s1. The minimum absolute atomic E-state index is 0.0151. The van der Waals surface area contributed by atoms with Crippen LogP contribution in [-0.4, -0.2) is 76.9 Å². The van der Waals surface area contributed by atoms with Gasteiger partial charge in [0.25, 0.3) is 0 Å². The molecule has 14 heteroatoms. The number of ether oxygens (including phenoxy) is 2. The molecular formula is C37H42ClF2N7O3S. The van der Waals surface area contributed by atoms with Crippen molar-refractivity contribution < 1.29 is 23.0 Å². The average Bonchev–Trinajstić information content (AvgIpc) is 3.94. The number of carbonyl (C=O) groups is 1. The molecule has 3 aromatic rings. The maximum Gasteiger partial charge on any atom is 0.320 e. The molecule has 51 heavy (non-hydrogen) atoms. The topological polar surface area (TPSA) is 148 Å². The largest absolute Gasteiger partial charge is 0.474 e. The number of alkyl halides is 1. The van der Waals surface area contributed by atoms with Gasteiger partial charge in [0.1, 0.15) is 34.9 Å². The fourth-order valence-electron chi connectivity index (χ4n) is 9.56. The van der Waals surface area contributed by atoms with E-state index < -0.39 is 17.4 Å². The fourth-order valence-corrected chi connectivity index (χ4v) is 11.2. The summed E-state index contributed by atoms with van der Waals surface area (Å²) < 4.78 is 44.1. The Labute approximate surface area is 304 Å². The number of hydrogen-bond acceptors (Lipinski definition) is 10. The molecular weight excluding hydrogens is 696 g/mol. The fraction of sp³-hybridized carbons (Fsp3) is 0.622. The van der Waals surface area contributed by atoms with Crippen molar-refractivity contribution in [1.82, 2.24) is 25.5 Å². The molecule has 0 radical (unpaired) electrons. The third-order valence-corrected chi connectivity index (χ3v) is 13.7. The summed E-state index contributed by atoms with van der Waals surface area (Å²) in [6.07, 6.45) is 6.76. The summed E-state index contributed by atoms with van der Waals surface area (Å²) in [5.41, 5.74) is 6.76. The lowest BCUT2D eigenvalue weighted by molar-refractivity contribution is -0.121. The molecule has 3 saturated heterocycles. The summed E-state index contributed by atoms with van der Waals surface area (Å²) >= 11 is 8.39. The highest BCUT2D eigenvalue weighted by Crippen LogP contribution is 2.52. The first kappa shape index (κ1) is 33.5. The van der Waals surface area contributed by atoms with Crippen LogP contribution in [0.4, 0.5) is 13.8 Å². The molecule has 0 bridgehead atoms. The number of anilines is 1. The van der Waals surface area contributed by atoms with Gasteiger partial charge in [-0.2, -0.15) is 15.2 Å². The van der Waals surface area contributed by atoms with Crippen molar-refractivity contribution >= 4 is 44.7 Å². The number of nitrogen functional groups attached to an aromatic ring is 1. The zero-order valence-electron chi connectivity index (χ0n) is 28.5. The second kappa shape index (κ2) is 12.7. The second-order valence-corrected chi connectivity index (χ2v) is 17.3. The molecule has 2 saturated carbocycles. The van der Waals surface area contributed by atoms with Gasteiger partial charge in [-0.05, 0) is 81.9 Å². The van der Waals surface area contributed by atoms with Crippen LogP contribution in [0.2, 0.25) is 5.02 Å². The van der Waals surface area contributed by atoms with Gasteiger partial charge < -0.3 is 20.5 Å². The van der Waals surface area contributed by atoms with Crippen LogP contribution in [0.15, 0.2) is 6.07 Å². The molecule has 2 unspecified atom stereocenters. The summed E-state index contributed by atoms with van der Waals surface area (Å²) in [4.78, 5) is 25.3. The average molecular weight is 738 g/mol. The molecule has 270 valence electrons. The van der Waals surface area contributed by atoms with E-state index in [-0.39, 0.29) is 70.7 Å². The molecule has 6 aliphatic rings. The molecule has 0 spiro atoms. The highest BCUT2D eigenvalue weighted by molar-refractivity contribution is 7.16. The Bertz CT molecular complexity index is 1950. The number of nitrogens with one attached hydrogen (secondary N) is 2. The van der Waals surface area contributed by atoms with Crippen LogP contribution in [0, 0.1) is 29.0 Å². The van der Waals surface area contributed by atoms with E-state index in [1.165, 1.54) is 24.2 Å². The highest BCUT2D eigenvalue weighted by Gasteiger charge is 2.51. The number of carbonyl (C=O) groups excluding carboxylic acids is 1. The van der Waals surface area contributed by atoms with Crippen molar-refractivity contribution in [3.05, 3.63) is 38.5 Å². The first-order valence-corrected chi connectivity index (χ1v) is 19.6. The normalized spacial score (nSPS) is 32.8. The van der Waals surface area contributed by atoms with E-state index in [0.29, 0.717) is 60.1 Å². The van der Waals surface area contributed by atoms with Crippen LogP contribution in [0.5, 0.6) is 11.9 Å². The number of nitrogens with two attached hydrogens (primary N) is 1. The van der Waals surface area contributed by atoms with Crippen molar-refractivity contribution in [3.63, 3.8) is 0 Å². The Kier molecular flexibility index (Phi) is 8.33. The molecule has 3 aliphatic carbocycles. The zero-order valence-corrected chi connectivity index (χ0v) is 30.1. The van der Waals surface area contributed by atoms with E-state index >= 15 is 4.39 Å². The van der Waals surface area contributed by atoms with Crippen LogP contribution < -0.4 is 25.8 Å². The predicted molar refractivity (Wildman–Crippen MR) is 189 cm³/mol. The number of aromatic nitrogens is 2. The van der Waals surface area contributed by atoms with Crippen LogP contribution >= 0.6 is 22.9 Å². The summed E-state index contributed by atoms with van der Waals surface area (Å²) in [6, 6.07) is 4.17. The molecule has 3 aliphatic heterocycles. The lowest BCUT2D eigenvalue weighted by Gasteiger charge is -2.36. The number of halogens is 3. The number of thiophene rings is 1. The SMILES string of the molecule is C[C@]1(c2c(Cl)cc3c(O[C@@H]4CC[C@H](NC(=O)[C@@H]5N[C@H]5C5CC5)C4)nc(OCC4CCN5C[C@H](F)CC45)nc3c2F)CCCc2sc(N)c(C#N)c21. The van der Waals surface area contributed by atoms with Gasteiger partial charge in [-0.3, -0.25) is 15.0 Å². The number of benzene rings is 1. The summed E-state index contributed by atoms with van der Waals surface area (Å²) in [6.45, 7) is 3.46. The number of nitrogens with zero attached hydrogens (tertiary/aromatic N) is 4. The number of nitriles is 1. The molecule has 5 heterocycles. The minimum Gasteiger partial charge on any atom is -0.474 e. The third-order valence-electron chi connectivity index (χ3n) is 12.3. The minimum atomic E-state index is -0.917. The van der Waals surface area contributed by atoms with Gasteiger partial charge in [-0.1, -0.05) is 18.5 Å². The number of fused-ring (bicyclic) bond motifs is 3. The van der Waals surface area contributed by atoms with Crippen molar-refractivity contribution in [2.45, 2.75) is 113 Å². The Morgan fingerprint density at radius 2 is 2.10 bits per heavy atom. The van der Waals surface area contributed by atoms with Crippen LogP contribution in [-0.2, 0) is 16.6 Å². The molecule has 1 amide bonds. The maximum atomic E-state index is 17.2. The molecule has 10 nitrogen and oxygen atoms in total. The third kappa shape index (κ3) is 5.90. The van der Waals surface area contributed by atoms with Crippen LogP contribution in [0.25, 0.3) is 10.9 Å². The summed E-state index contributed by atoms with van der Waals surface area (Å²) in [7, 11) is 0. The Morgan fingerprint density at radius 3 is 2.90 bits per heavy atom. The Morgan fingerprint density at radius 1 is 1.25 bits per heavy atom. The Hall–Kier alpha value is -3.31. The van der Waals surface area contributed by atoms with E-state index in [9.17, 15) is 14.4 Å². The number of rotatable bonds is 9. The zero-order chi connectivity index (χ0) is 35.2. The smallest absolute Gasteiger partial charge is 0.320 e. The van der Waals surface area contributed by atoms with Gasteiger partial charge in [0.15, 0.2) is 5.82 Å². The van der Waals surface area contributed by atoms with Gasteiger partial charge in [-0.15, -0.1) is 11.3 Å². The van der Waals surface area contributed by atoms with Gasteiger partial charge >= 0.3 is 6.01 Å². The molecule has 9 rings (SSSR count). The Balaban J connectivity index is 1.03. The maximum absolute atomic E-state index is 17.2. The number of hydrogen-bond donors (Lipinski definition) is 3. The summed E-state index contributed by atoms with van der Waals surface area (Å²) in [5.74, 6) is 0.330. The predicted octanol–water partition coefficient (Wildman–Crippen LogP) is 5.56. The lowest BCUT2D eigenvalue weighted by Crippen LogP contribution is -2.38. The molecule has 5 fully saturated rings.